The Morgan fingerprint density at radius 3 is 2.30 bits per heavy atom. The zero-order valence-electron chi connectivity index (χ0n) is 14.5. The number of carbonyl (C=O) groups excluding carboxylic acids is 1. The highest BCUT2D eigenvalue weighted by Crippen LogP contribution is 2.13. The molecule has 0 atom stereocenters. The minimum absolute atomic E-state index is 0.285. The van der Waals surface area contributed by atoms with Crippen LogP contribution in [0.15, 0.2) is 58.1 Å². The third-order valence-corrected chi connectivity index (χ3v) is 3.81. The highest BCUT2D eigenvalue weighted by molar-refractivity contribution is 6.02. The van der Waals surface area contributed by atoms with E-state index in [1.165, 1.54) is 38.4 Å². The van der Waals surface area contributed by atoms with Gasteiger partial charge in [0, 0.05) is 12.7 Å². The van der Waals surface area contributed by atoms with E-state index >= 15 is 0 Å². The van der Waals surface area contributed by atoms with Gasteiger partial charge in [0.15, 0.2) is 0 Å². The molecule has 0 fully saturated rings. The van der Waals surface area contributed by atoms with Crippen LogP contribution in [-0.4, -0.2) is 27.4 Å². The summed E-state index contributed by atoms with van der Waals surface area (Å²) in [6, 6.07) is 11.4. The van der Waals surface area contributed by atoms with Crippen LogP contribution in [0.5, 0.6) is 5.75 Å². The highest BCUT2D eigenvalue weighted by Gasteiger charge is 2.19. The van der Waals surface area contributed by atoms with Gasteiger partial charge < -0.3 is 10.1 Å². The van der Waals surface area contributed by atoms with Gasteiger partial charge in [-0.05, 0) is 48.5 Å². The molecule has 0 radical (unpaired) electrons. The number of hydrogen-bond acceptors (Lipinski definition) is 5. The molecule has 1 N–H and O–H groups in total. The van der Waals surface area contributed by atoms with Crippen LogP contribution in [0, 0.1) is 5.82 Å². The predicted molar refractivity (Wildman–Crippen MR) is 96.0 cm³/mol. The summed E-state index contributed by atoms with van der Waals surface area (Å²) in [5, 5.41) is 6.37. The van der Waals surface area contributed by atoms with Crippen molar-refractivity contribution in [1.82, 2.24) is 14.3 Å². The van der Waals surface area contributed by atoms with Gasteiger partial charge in [0.2, 0.25) is 5.69 Å². The molecule has 3 aromatic rings. The van der Waals surface area contributed by atoms with Gasteiger partial charge >= 0.3 is 5.69 Å². The third-order valence-electron chi connectivity index (χ3n) is 3.81. The van der Waals surface area contributed by atoms with Gasteiger partial charge in [0.1, 0.15) is 11.6 Å². The maximum atomic E-state index is 13.0. The number of rotatable bonds is 4. The van der Waals surface area contributed by atoms with Crippen LogP contribution in [0.25, 0.3) is 5.69 Å². The van der Waals surface area contributed by atoms with Gasteiger partial charge in [-0.25, -0.2) is 9.18 Å². The van der Waals surface area contributed by atoms with Crippen molar-refractivity contribution in [3.63, 3.8) is 0 Å². The van der Waals surface area contributed by atoms with E-state index in [2.05, 4.69) is 10.4 Å². The van der Waals surface area contributed by atoms with E-state index in [1.807, 2.05) is 0 Å². The molecule has 138 valence electrons. The quantitative estimate of drug-likeness (QED) is 0.748. The second kappa shape index (κ2) is 7.24. The molecular formula is C18H15FN4O4. The van der Waals surface area contributed by atoms with Crippen molar-refractivity contribution < 1.29 is 13.9 Å². The fourth-order valence-electron chi connectivity index (χ4n) is 2.33. The Bertz CT molecular complexity index is 1100. The molecule has 0 spiro atoms. The molecule has 0 aliphatic heterocycles. The van der Waals surface area contributed by atoms with Gasteiger partial charge in [-0.2, -0.15) is 9.78 Å². The number of benzene rings is 2. The summed E-state index contributed by atoms with van der Waals surface area (Å²) in [5.41, 5.74) is -1.38. The van der Waals surface area contributed by atoms with E-state index in [-0.39, 0.29) is 5.69 Å². The number of nitrogens with one attached hydrogen (secondary N) is 1. The topological polar surface area (TPSA) is 95.2 Å². The summed E-state index contributed by atoms with van der Waals surface area (Å²) in [4.78, 5) is 37.1. The summed E-state index contributed by atoms with van der Waals surface area (Å²) in [6.45, 7) is 0. The zero-order valence-corrected chi connectivity index (χ0v) is 14.5. The molecule has 0 aliphatic carbocycles. The molecule has 9 heteroatoms. The first-order chi connectivity index (χ1) is 12.9. The normalized spacial score (nSPS) is 10.5. The lowest BCUT2D eigenvalue weighted by atomic mass is 10.3. The average Bonchev–Trinajstić information content (AvgIpc) is 2.68. The predicted octanol–water partition coefficient (Wildman–Crippen LogP) is 1.33. The molecule has 0 saturated heterocycles. The molecule has 2 aromatic carbocycles. The van der Waals surface area contributed by atoms with Gasteiger partial charge in [0.05, 0.1) is 12.8 Å². The molecule has 1 amide bonds. The van der Waals surface area contributed by atoms with Crippen LogP contribution in [0.4, 0.5) is 10.1 Å². The molecule has 0 unspecified atom stereocenters. The summed E-state index contributed by atoms with van der Waals surface area (Å²) >= 11 is 0. The second-order valence-electron chi connectivity index (χ2n) is 5.57. The lowest BCUT2D eigenvalue weighted by molar-refractivity contribution is 0.101. The summed E-state index contributed by atoms with van der Waals surface area (Å²) in [7, 11) is 2.75. The minimum atomic E-state index is -0.843. The standard InChI is InChI=1S/C18H15FN4O4/c1-22-17(25)15(16(24)20-12-5-3-11(19)4-6-12)21-23(18(22)26)13-7-9-14(27-2)10-8-13/h3-10H,1-2H3,(H,20,24). The van der Waals surface area contributed by atoms with Crippen molar-refractivity contribution in [3.8, 4) is 11.4 Å². The maximum Gasteiger partial charge on any atom is 0.351 e. The Kier molecular flexibility index (Phi) is 4.84. The number of hydrogen-bond donors (Lipinski definition) is 1. The van der Waals surface area contributed by atoms with E-state index in [0.717, 1.165) is 9.25 Å². The van der Waals surface area contributed by atoms with E-state index < -0.39 is 28.7 Å². The maximum absolute atomic E-state index is 13.0. The largest absolute Gasteiger partial charge is 0.497 e. The number of nitrogens with zero attached hydrogens (tertiary/aromatic N) is 3. The van der Waals surface area contributed by atoms with Crippen molar-refractivity contribution in [1.29, 1.82) is 0 Å². The molecule has 1 aromatic heterocycles. The fourth-order valence-corrected chi connectivity index (χ4v) is 2.33. The average molecular weight is 370 g/mol. The summed E-state index contributed by atoms with van der Waals surface area (Å²) in [5.74, 6) is -0.703. The lowest BCUT2D eigenvalue weighted by Crippen LogP contribution is -2.43. The van der Waals surface area contributed by atoms with Gasteiger partial charge in [-0.3, -0.25) is 14.2 Å². The zero-order chi connectivity index (χ0) is 19.6. The van der Waals surface area contributed by atoms with Crippen LogP contribution < -0.4 is 21.3 Å². The minimum Gasteiger partial charge on any atom is -0.497 e. The molecule has 1 heterocycles. The van der Waals surface area contributed by atoms with Crippen molar-refractivity contribution >= 4 is 11.6 Å². The van der Waals surface area contributed by atoms with E-state index in [1.54, 1.807) is 24.3 Å². The number of halogens is 1. The summed E-state index contributed by atoms with van der Waals surface area (Å²) < 4.78 is 19.8. The highest BCUT2D eigenvalue weighted by atomic mass is 19.1. The Morgan fingerprint density at radius 1 is 1.07 bits per heavy atom. The molecule has 3 rings (SSSR count). The van der Waals surface area contributed by atoms with Crippen molar-refractivity contribution in [2.24, 2.45) is 7.05 Å². The number of ether oxygens (including phenoxy) is 1. The van der Waals surface area contributed by atoms with Crippen LogP contribution in [-0.2, 0) is 7.05 Å². The van der Waals surface area contributed by atoms with Crippen molar-refractivity contribution in [3.05, 3.63) is 80.9 Å². The molecule has 0 saturated carbocycles. The van der Waals surface area contributed by atoms with Gasteiger partial charge in [-0.15, -0.1) is 0 Å². The second-order valence-corrected chi connectivity index (χ2v) is 5.57. The number of anilines is 1. The first-order valence-electron chi connectivity index (χ1n) is 7.82. The molecule has 27 heavy (non-hydrogen) atoms. The SMILES string of the molecule is COc1ccc(-n2nc(C(=O)Nc3ccc(F)cc3)c(=O)n(C)c2=O)cc1. The first-order valence-corrected chi connectivity index (χ1v) is 7.82. The van der Waals surface area contributed by atoms with E-state index in [4.69, 9.17) is 4.74 Å². The smallest absolute Gasteiger partial charge is 0.351 e. The van der Waals surface area contributed by atoms with Gasteiger partial charge in [-0.1, -0.05) is 0 Å². The number of aromatic nitrogens is 3. The van der Waals surface area contributed by atoms with Crippen LogP contribution in [0.2, 0.25) is 0 Å². The third kappa shape index (κ3) is 3.61. The summed E-state index contributed by atoms with van der Waals surface area (Å²) in [6.07, 6.45) is 0. The van der Waals surface area contributed by atoms with Crippen LogP contribution in [0.1, 0.15) is 10.5 Å². The van der Waals surface area contributed by atoms with Crippen LogP contribution >= 0.6 is 0 Å². The first kappa shape index (κ1) is 18.1. The van der Waals surface area contributed by atoms with Crippen LogP contribution in [0.3, 0.4) is 0 Å². The Balaban J connectivity index is 2.03. The molecule has 0 aliphatic rings. The van der Waals surface area contributed by atoms with E-state index in [9.17, 15) is 18.8 Å². The Labute approximate surface area is 152 Å². The number of methoxy groups -OCH3 is 1. The molecule has 0 bridgehead atoms. The van der Waals surface area contributed by atoms with Gasteiger partial charge in [0.25, 0.3) is 11.5 Å². The number of carbonyl (C=O) groups is 1. The Morgan fingerprint density at radius 2 is 1.70 bits per heavy atom. The van der Waals surface area contributed by atoms with Crippen molar-refractivity contribution in [2.75, 3.05) is 12.4 Å². The lowest BCUT2D eigenvalue weighted by Gasteiger charge is -2.10. The number of amides is 1. The molecular weight excluding hydrogens is 355 g/mol. The Hall–Kier alpha value is -3.75. The fraction of sp³-hybridized carbons (Fsp3) is 0.111. The monoisotopic (exact) mass is 370 g/mol. The van der Waals surface area contributed by atoms with Crippen molar-refractivity contribution in [2.45, 2.75) is 0 Å². The molecule has 8 nitrogen and oxygen atoms in total. The van der Waals surface area contributed by atoms with E-state index in [0.29, 0.717) is 11.4 Å².